The van der Waals surface area contributed by atoms with E-state index in [1.807, 2.05) is 6.07 Å². The highest BCUT2D eigenvalue weighted by Gasteiger charge is 2.39. The second-order valence-corrected chi connectivity index (χ2v) is 8.16. The first-order chi connectivity index (χ1) is 13.8. The standard InChI is InChI=1S/C18H14ClF3N4OS2/c1-23-13(9-28-10-29-11-5-6-14(27-2)24-8-11)15-16(18(20,21)22)25-17-12(19)4-3-7-26(15)17/h3-9H,1,10H2,2H3/b13-9-. The first-order valence-electron chi connectivity index (χ1n) is 8.00. The minimum Gasteiger partial charge on any atom is -0.481 e. The molecule has 11 heteroatoms. The molecule has 0 aliphatic carbocycles. The third-order valence-electron chi connectivity index (χ3n) is 3.69. The highest BCUT2D eigenvalue weighted by molar-refractivity contribution is 8.17. The van der Waals surface area contributed by atoms with Crippen LogP contribution in [0.5, 0.6) is 5.88 Å². The lowest BCUT2D eigenvalue weighted by Gasteiger charge is -2.08. The molecule has 0 fully saturated rings. The summed E-state index contributed by atoms with van der Waals surface area (Å²) in [5.74, 6) is 0.506. The van der Waals surface area contributed by atoms with Crippen molar-refractivity contribution in [3.8, 4) is 5.88 Å². The van der Waals surface area contributed by atoms with Gasteiger partial charge >= 0.3 is 6.18 Å². The third-order valence-corrected chi connectivity index (χ3v) is 5.97. The molecule has 0 saturated carbocycles. The zero-order valence-electron chi connectivity index (χ0n) is 15.0. The molecule has 152 valence electrons. The van der Waals surface area contributed by atoms with E-state index < -0.39 is 11.9 Å². The Kier molecular flexibility index (Phi) is 6.76. The normalized spacial score (nSPS) is 12.4. The molecule has 0 bridgehead atoms. The van der Waals surface area contributed by atoms with Gasteiger partial charge in [0, 0.05) is 28.4 Å². The summed E-state index contributed by atoms with van der Waals surface area (Å²) in [6.45, 7) is 3.42. The molecule has 29 heavy (non-hydrogen) atoms. The molecule has 0 saturated heterocycles. The average Bonchev–Trinajstić information content (AvgIpc) is 3.10. The number of aliphatic imine (C=N–C) groups is 1. The van der Waals surface area contributed by atoms with E-state index in [0.717, 1.165) is 4.90 Å². The Bertz CT molecular complexity index is 1050. The number of nitrogens with zero attached hydrogens (tertiary/aromatic N) is 4. The molecule has 0 aromatic carbocycles. The van der Waals surface area contributed by atoms with Crippen LogP contribution < -0.4 is 4.74 Å². The Morgan fingerprint density at radius 3 is 2.79 bits per heavy atom. The molecule has 3 heterocycles. The lowest BCUT2D eigenvalue weighted by molar-refractivity contribution is -0.141. The van der Waals surface area contributed by atoms with E-state index in [-0.39, 0.29) is 22.1 Å². The van der Waals surface area contributed by atoms with E-state index in [4.69, 9.17) is 16.3 Å². The number of halogens is 4. The number of alkyl halides is 3. The van der Waals surface area contributed by atoms with Gasteiger partial charge in [-0.2, -0.15) is 13.2 Å². The Morgan fingerprint density at radius 1 is 1.38 bits per heavy atom. The maximum atomic E-state index is 13.6. The smallest absolute Gasteiger partial charge is 0.435 e. The molecule has 0 spiro atoms. The summed E-state index contributed by atoms with van der Waals surface area (Å²) in [6, 6.07) is 6.60. The highest BCUT2D eigenvalue weighted by atomic mass is 35.5. The number of thioether (sulfide) groups is 2. The van der Waals surface area contributed by atoms with Crippen molar-refractivity contribution in [2.24, 2.45) is 4.99 Å². The van der Waals surface area contributed by atoms with Crippen molar-refractivity contribution in [2.45, 2.75) is 11.1 Å². The van der Waals surface area contributed by atoms with Crippen molar-refractivity contribution in [3.63, 3.8) is 0 Å². The van der Waals surface area contributed by atoms with Gasteiger partial charge in [0.05, 0.1) is 17.8 Å². The molecular formula is C18H14ClF3N4OS2. The molecule has 3 aromatic rings. The molecule has 0 radical (unpaired) electrons. The van der Waals surface area contributed by atoms with E-state index in [0.29, 0.717) is 11.0 Å². The van der Waals surface area contributed by atoms with Crippen LogP contribution in [0.25, 0.3) is 11.3 Å². The number of methoxy groups -OCH3 is 1. The van der Waals surface area contributed by atoms with Crippen molar-refractivity contribution < 1.29 is 17.9 Å². The molecule has 0 atom stereocenters. The van der Waals surface area contributed by atoms with Crippen molar-refractivity contribution in [1.82, 2.24) is 14.4 Å². The first kappa shape index (κ1) is 21.5. The van der Waals surface area contributed by atoms with Crippen molar-refractivity contribution in [2.75, 3.05) is 12.2 Å². The fourth-order valence-corrected chi connectivity index (χ4v) is 4.36. The molecule has 0 aliphatic rings. The Labute approximate surface area is 178 Å². The van der Waals surface area contributed by atoms with E-state index in [9.17, 15) is 13.2 Å². The van der Waals surface area contributed by atoms with E-state index >= 15 is 0 Å². The molecule has 3 rings (SSSR count). The number of ether oxygens (including phenoxy) is 1. The summed E-state index contributed by atoms with van der Waals surface area (Å²) >= 11 is 8.78. The number of aromatic nitrogens is 3. The Hall–Kier alpha value is -2.17. The fraction of sp³-hybridized carbons (Fsp3) is 0.167. The van der Waals surface area contributed by atoms with Gasteiger partial charge in [-0.1, -0.05) is 11.6 Å². The largest absolute Gasteiger partial charge is 0.481 e. The maximum Gasteiger partial charge on any atom is 0.435 e. The van der Waals surface area contributed by atoms with Crippen LogP contribution >= 0.6 is 35.1 Å². The van der Waals surface area contributed by atoms with Crippen molar-refractivity contribution >= 4 is 53.2 Å². The van der Waals surface area contributed by atoms with Gasteiger partial charge in [-0.3, -0.25) is 9.39 Å². The van der Waals surface area contributed by atoms with E-state index in [2.05, 4.69) is 21.7 Å². The number of hydrogen-bond donors (Lipinski definition) is 0. The summed E-state index contributed by atoms with van der Waals surface area (Å²) in [5, 5.41) is 2.17. The van der Waals surface area contributed by atoms with Gasteiger partial charge in [0.1, 0.15) is 5.69 Å². The summed E-state index contributed by atoms with van der Waals surface area (Å²) in [7, 11) is 1.53. The van der Waals surface area contributed by atoms with E-state index in [1.165, 1.54) is 52.7 Å². The molecule has 5 nitrogen and oxygen atoms in total. The van der Waals surface area contributed by atoms with Gasteiger partial charge in [-0.05, 0) is 30.3 Å². The van der Waals surface area contributed by atoms with Crippen LogP contribution in [0, 0.1) is 0 Å². The van der Waals surface area contributed by atoms with Crippen LogP contribution in [0.15, 0.2) is 52.0 Å². The topological polar surface area (TPSA) is 51.8 Å². The van der Waals surface area contributed by atoms with Crippen molar-refractivity contribution in [1.29, 1.82) is 0 Å². The summed E-state index contributed by atoms with van der Waals surface area (Å²) < 4.78 is 46.9. The SMILES string of the molecule is C=N/C(=C\SCSc1ccc(OC)nc1)c1c(C(F)(F)F)nc2c(Cl)cccn12. The molecule has 3 aromatic heterocycles. The average molecular weight is 459 g/mol. The summed E-state index contributed by atoms with van der Waals surface area (Å²) in [5.41, 5.74) is -1.19. The van der Waals surface area contributed by atoms with Crippen molar-refractivity contribution in [3.05, 3.63) is 58.5 Å². The van der Waals surface area contributed by atoms with Crippen LogP contribution in [-0.4, -0.2) is 33.3 Å². The fourth-order valence-electron chi connectivity index (χ4n) is 2.43. The predicted molar refractivity (Wildman–Crippen MR) is 112 cm³/mol. The number of pyridine rings is 2. The second kappa shape index (κ2) is 9.10. The first-order valence-corrected chi connectivity index (χ1v) is 10.4. The highest BCUT2D eigenvalue weighted by Crippen LogP contribution is 2.37. The minimum atomic E-state index is -4.66. The monoisotopic (exact) mass is 458 g/mol. The summed E-state index contributed by atoms with van der Waals surface area (Å²) in [6.07, 6.45) is -1.54. The van der Waals surface area contributed by atoms with Gasteiger partial charge in [-0.25, -0.2) is 9.97 Å². The second-order valence-electron chi connectivity index (χ2n) is 5.48. The van der Waals surface area contributed by atoms with Gasteiger partial charge in [0.25, 0.3) is 0 Å². The quantitative estimate of drug-likeness (QED) is 0.191. The lowest BCUT2D eigenvalue weighted by Crippen LogP contribution is -2.09. The zero-order valence-corrected chi connectivity index (χ0v) is 17.4. The predicted octanol–water partition coefficient (Wildman–Crippen LogP) is 5.89. The molecular weight excluding hydrogens is 445 g/mol. The molecule has 0 unspecified atom stereocenters. The zero-order chi connectivity index (χ0) is 21.0. The molecule has 0 aliphatic heterocycles. The van der Waals surface area contributed by atoms with Gasteiger partial charge < -0.3 is 4.74 Å². The van der Waals surface area contributed by atoms with Crippen LogP contribution in [0.2, 0.25) is 5.02 Å². The van der Waals surface area contributed by atoms with Crippen LogP contribution in [0.3, 0.4) is 0 Å². The van der Waals surface area contributed by atoms with Gasteiger partial charge in [-0.15, -0.1) is 23.5 Å². The number of hydrogen-bond acceptors (Lipinski definition) is 6. The summed E-state index contributed by atoms with van der Waals surface area (Å²) in [4.78, 5) is 12.5. The Morgan fingerprint density at radius 2 is 2.17 bits per heavy atom. The number of fused-ring (bicyclic) bond motifs is 1. The lowest BCUT2D eigenvalue weighted by atomic mass is 10.2. The number of rotatable bonds is 7. The Balaban J connectivity index is 1.85. The van der Waals surface area contributed by atoms with Gasteiger partial charge in [0.2, 0.25) is 5.88 Å². The van der Waals surface area contributed by atoms with Crippen LogP contribution in [-0.2, 0) is 6.18 Å². The number of imidazole rings is 1. The van der Waals surface area contributed by atoms with Gasteiger partial charge in [0.15, 0.2) is 11.3 Å². The van der Waals surface area contributed by atoms with Crippen LogP contribution in [0.1, 0.15) is 11.4 Å². The minimum absolute atomic E-state index is 0.00900. The van der Waals surface area contributed by atoms with E-state index in [1.54, 1.807) is 18.3 Å². The molecule has 0 N–H and O–H groups in total. The maximum absolute atomic E-state index is 13.6. The third kappa shape index (κ3) is 4.88. The van der Waals surface area contributed by atoms with Crippen LogP contribution in [0.4, 0.5) is 13.2 Å². The molecule has 0 amide bonds.